The van der Waals surface area contributed by atoms with Crippen molar-refractivity contribution in [3.05, 3.63) is 41.5 Å². The molecule has 1 rings (SSSR count). The molecule has 0 heterocycles. The number of hydrogen-bond donors (Lipinski definition) is 0. The van der Waals surface area contributed by atoms with E-state index < -0.39 is 12.2 Å². The zero-order valence-electron chi connectivity index (χ0n) is 8.61. The number of hydrogen-bond acceptors (Lipinski definition) is 2. The van der Waals surface area contributed by atoms with Crippen LogP contribution in [0.3, 0.4) is 0 Å². The molecule has 16 heavy (non-hydrogen) atoms. The summed E-state index contributed by atoms with van der Waals surface area (Å²) < 4.78 is 24.1. The lowest BCUT2D eigenvalue weighted by Crippen LogP contribution is -2.09. The number of halogens is 2. The maximum absolute atomic E-state index is 12.1. The van der Waals surface area contributed by atoms with Crippen molar-refractivity contribution in [2.75, 3.05) is 0 Å². The van der Waals surface area contributed by atoms with Crippen molar-refractivity contribution in [3.8, 4) is 0 Å². The van der Waals surface area contributed by atoms with Gasteiger partial charge in [0.1, 0.15) is 0 Å². The van der Waals surface area contributed by atoms with Crippen LogP contribution in [0, 0.1) is 0 Å². The molecular formula is C12H10F2O2. The third-order valence-corrected chi connectivity index (χ3v) is 1.90. The Morgan fingerprint density at radius 1 is 1.19 bits per heavy atom. The second kappa shape index (κ2) is 5.30. The molecule has 0 fully saturated rings. The van der Waals surface area contributed by atoms with Gasteiger partial charge < -0.3 is 0 Å². The van der Waals surface area contributed by atoms with Gasteiger partial charge >= 0.3 is 6.43 Å². The molecule has 0 aliphatic rings. The SMILES string of the molecule is CC(=O)/C=C/c1ccc(C(=O)C(F)F)cc1. The normalized spacial score (nSPS) is 11.0. The van der Waals surface area contributed by atoms with Crippen LogP contribution in [0.5, 0.6) is 0 Å². The van der Waals surface area contributed by atoms with Gasteiger partial charge in [0.15, 0.2) is 5.78 Å². The van der Waals surface area contributed by atoms with Crippen LogP contribution in [-0.4, -0.2) is 18.0 Å². The van der Waals surface area contributed by atoms with Crippen molar-refractivity contribution in [2.24, 2.45) is 0 Å². The van der Waals surface area contributed by atoms with Crippen LogP contribution in [0.2, 0.25) is 0 Å². The Kier molecular flexibility index (Phi) is 4.05. The maximum Gasteiger partial charge on any atom is 0.300 e. The molecule has 0 aliphatic carbocycles. The second-order valence-electron chi connectivity index (χ2n) is 3.23. The standard InChI is InChI=1S/C12H10F2O2/c1-8(15)2-3-9-4-6-10(7-5-9)11(16)12(13)14/h2-7,12H,1H3/b3-2+. The summed E-state index contributed by atoms with van der Waals surface area (Å²) in [5, 5.41) is 0. The summed E-state index contributed by atoms with van der Waals surface area (Å²) in [6, 6.07) is 5.65. The predicted octanol–water partition coefficient (Wildman–Crippen LogP) is 2.74. The quantitative estimate of drug-likeness (QED) is 0.582. The van der Waals surface area contributed by atoms with E-state index in [1.807, 2.05) is 0 Å². The molecule has 0 atom stereocenters. The Labute approximate surface area is 91.6 Å². The van der Waals surface area contributed by atoms with Gasteiger partial charge in [-0.15, -0.1) is 0 Å². The fraction of sp³-hybridized carbons (Fsp3) is 0.167. The molecule has 0 radical (unpaired) electrons. The van der Waals surface area contributed by atoms with E-state index >= 15 is 0 Å². The van der Waals surface area contributed by atoms with Crippen LogP contribution in [0.25, 0.3) is 6.08 Å². The molecule has 0 saturated carbocycles. The molecule has 0 spiro atoms. The lowest BCUT2D eigenvalue weighted by Gasteiger charge is -1.99. The van der Waals surface area contributed by atoms with Crippen LogP contribution in [0.15, 0.2) is 30.3 Å². The number of ketones is 2. The minimum Gasteiger partial charge on any atom is -0.295 e. The summed E-state index contributed by atoms with van der Waals surface area (Å²) in [6.07, 6.45) is -0.0678. The van der Waals surface area contributed by atoms with E-state index in [0.717, 1.165) is 0 Å². The number of allylic oxidation sites excluding steroid dienone is 1. The molecule has 0 amide bonds. The first kappa shape index (κ1) is 12.2. The van der Waals surface area contributed by atoms with Gasteiger partial charge in [0.2, 0.25) is 5.78 Å². The highest BCUT2D eigenvalue weighted by Gasteiger charge is 2.16. The first-order valence-corrected chi connectivity index (χ1v) is 4.62. The van der Waals surface area contributed by atoms with Gasteiger partial charge in [-0.3, -0.25) is 9.59 Å². The topological polar surface area (TPSA) is 34.1 Å². The second-order valence-corrected chi connectivity index (χ2v) is 3.23. The summed E-state index contributed by atoms with van der Waals surface area (Å²) >= 11 is 0. The number of alkyl halides is 2. The first-order chi connectivity index (χ1) is 7.50. The molecule has 0 saturated heterocycles. The zero-order chi connectivity index (χ0) is 12.1. The number of benzene rings is 1. The van der Waals surface area contributed by atoms with E-state index in [4.69, 9.17) is 0 Å². The number of Topliss-reactive ketones (excluding diaryl/α,β-unsaturated/α-hetero) is 1. The molecule has 4 heteroatoms. The highest BCUT2D eigenvalue weighted by molar-refractivity contribution is 5.98. The van der Waals surface area contributed by atoms with Gasteiger partial charge in [0.05, 0.1) is 0 Å². The van der Waals surface area contributed by atoms with Crippen LogP contribution < -0.4 is 0 Å². The molecule has 0 unspecified atom stereocenters. The lowest BCUT2D eigenvalue weighted by atomic mass is 10.1. The predicted molar refractivity (Wildman–Crippen MR) is 56.5 cm³/mol. The van der Waals surface area contributed by atoms with Crippen molar-refractivity contribution >= 4 is 17.6 Å². The summed E-state index contributed by atoms with van der Waals surface area (Å²) in [6.45, 7) is 1.41. The van der Waals surface area contributed by atoms with Crippen molar-refractivity contribution in [1.29, 1.82) is 0 Å². The van der Waals surface area contributed by atoms with Crippen molar-refractivity contribution < 1.29 is 18.4 Å². The molecule has 0 bridgehead atoms. The molecule has 0 aromatic heterocycles. The van der Waals surface area contributed by atoms with E-state index in [1.54, 1.807) is 6.08 Å². The zero-order valence-corrected chi connectivity index (χ0v) is 8.61. The summed E-state index contributed by atoms with van der Waals surface area (Å²) in [4.78, 5) is 21.5. The van der Waals surface area contributed by atoms with Gasteiger partial charge in [-0.05, 0) is 18.6 Å². The lowest BCUT2D eigenvalue weighted by molar-refractivity contribution is -0.112. The Balaban J connectivity index is 2.83. The van der Waals surface area contributed by atoms with E-state index in [0.29, 0.717) is 5.56 Å². The Morgan fingerprint density at radius 3 is 2.19 bits per heavy atom. The van der Waals surface area contributed by atoms with Crippen LogP contribution in [-0.2, 0) is 4.79 Å². The van der Waals surface area contributed by atoms with Crippen molar-refractivity contribution in [2.45, 2.75) is 13.3 Å². The molecule has 0 N–H and O–H groups in total. The molecule has 1 aromatic carbocycles. The van der Waals surface area contributed by atoms with Crippen LogP contribution >= 0.6 is 0 Å². The van der Waals surface area contributed by atoms with E-state index in [1.165, 1.54) is 37.3 Å². The minimum atomic E-state index is -2.99. The average molecular weight is 224 g/mol. The number of carbonyl (C=O) groups is 2. The van der Waals surface area contributed by atoms with Crippen LogP contribution in [0.1, 0.15) is 22.8 Å². The molecule has 0 aliphatic heterocycles. The van der Waals surface area contributed by atoms with E-state index in [9.17, 15) is 18.4 Å². The Morgan fingerprint density at radius 2 is 1.75 bits per heavy atom. The summed E-state index contributed by atoms with van der Waals surface area (Å²) in [5.41, 5.74) is 0.649. The fourth-order valence-corrected chi connectivity index (χ4v) is 1.10. The van der Waals surface area contributed by atoms with Crippen LogP contribution in [0.4, 0.5) is 8.78 Å². The molecule has 1 aromatic rings. The molecular weight excluding hydrogens is 214 g/mol. The van der Waals surface area contributed by atoms with E-state index in [2.05, 4.69) is 0 Å². The average Bonchev–Trinajstić information content (AvgIpc) is 2.26. The van der Waals surface area contributed by atoms with Gasteiger partial charge in [0, 0.05) is 5.56 Å². The number of carbonyl (C=O) groups excluding carboxylic acids is 2. The Bertz CT molecular complexity index is 419. The van der Waals surface area contributed by atoms with Gasteiger partial charge in [-0.1, -0.05) is 30.3 Å². The first-order valence-electron chi connectivity index (χ1n) is 4.62. The van der Waals surface area contributed by atoms with Crippen molar-refractivity contribution in [1.82, 2.24) is 0 Å². The summed E-state index contributed by atoms with van der Waals surface area (Å²) in [5.74, 6) is -1.30. The third kappa shape index (κ3) is 3.38. The third-order valence-electron chi connectivity index (χ3n) is 1.90. The highest BCUT2D eigenvalue weighted by atomic mass is 19.3. The highest BCUT2D eigenvalue weighted by Crippen LogP contribution is 2.10. The van der Waals surface area contributed by atoms with Gasteiger partial charge in [-0.2, -0.15) is 0 Å². The monoisotopic (exact) mass is 224 g/mol. The molecule has 2 nitrogen and oxygen atoms in total. The Hall–Kier alpha value is -1.84. The van der Waals surface area contributed by atoms with Gasteiger partial charge in [0.25, 0.3) is 0 Å². The maximum atomic E-state index is 12.1. The van der Waals surface area contributed by atoms with Crippen molar-refractivity contribution in [3.63, 3.8) is 0 Å². The van der Waals surface area contributed by atoms with Gasteiger partial charge in [-0.25, -0.2) is 8.78 Å². The smallest absolute Gasteiger partial charge is 0.295 e. The summed E-state index contributed by atoms with van der Waals surface area (Å²) in [7, 11) is 0. The fourth-order valence-electron chi connectivity index (χ4n) is 1.10. The minimum absolute atomic E-state index is 0.0324. The van der Waals surface area contributed by atoms with E-state index in [-0.39, 0.29) is 11.3 Å². The molecule has 84 valence electrons. The number of rotatable bonds is 4. The largest absolute Gasteiger partial charge is 0.300 e.